The van der Waals surface area contributed by atoms with Gasteiger partial charge >= 0.3 is 0 Å². The minimum Gasteiger partial charge on any atom is -0.389 e. The molecule has 0 amide bonds. The van der Waals surface area contributed by atoms with E-state index < -0.39 is 0 Å². The Kier molecular flexibility index (Phi) is 4.90. The van der Waals surface area contributed by atoms with Gasteiger partial charge in [-0.1, -0.05) is 18.3 Å². The molecule has 94 valence electrons. The summed E-state index contributed by atoms with van der Waals surface area (Å²) in [6.45, 7) is 4.03. The Morgan fingerprint density at radius 3 is 2.41 bits per heavy atom. The molecule has 1 rings (SSSR count). The molecule has 0 aromatic heterocycles. The first-order valence-corrected chi connectivity index (χ1v) is 6.09. The van der Waals surface area contributed by atoms with E-state index in [4.69, 9.17) is 18.0 Å². The third-order valence-electron chi connectivity index (χ3n) is 2.71. The van der Waals surface area contributed by atoms with E-state index in [9.17, 15) is 0 Å². The molecule has 0 bridgehead atoms. The summed E-state index contributed by atoms with van der Waals surface area (Å²) in [5.74, 6) is 0. The maximum Gasteiger partial charge on any atom is 0.106 e. The van der Waals surface area contributed by atoms with E-state index in [1.54, 1.807) is 0 Å². The van der Waals surface area contributed by atoms with Crippen LogP contribution in [0.5, 0.6) is 0 Å². The molecule has 0 fully saturated rings. The van der Waals surface area contributed by atoms with Crippen LogP contribution in [-0.2, 0) is 0 Å². The van der Waals surface area contributed by atoms with E-state index in [0.717, 1.165) is 24.3 Å². The third-order valence-corrected chi connectivity index (χ3v) is 2.93. The summed E-state index contributed by atoms with van der Waals surface area (Å²) in [6, 6.07) is 6.17. The zero-order valence-electron chi connectivity index (χ0n) is 11.0. The molecule has 4 heteroatoms. The maximum absolute atomic E-state index is 5.75. The first kappa shape index (κ1) is 13.9. The first-order chi connectivity index (χ1) is 7.91. The Labute approximate surface area is 109 Å². The van der Waals surface area contributed by atoms with Crippen LogP contribution in [0.25, 0.3) is 0 Å². The molecule has 1 aromatic carbocycles. The minimum absolute atomic E-state index is 0.455. The van der Waals surface area contributed by atoms with Crippen molar-refractivity contribution in [2.24, 2.45) is 5.73 Å². The molecule has 0 heterocycles. The van der Waals surface area contributed by atoms with E-state index in [2.05, 4.69) is 43.9 Å². The first-order valence-electron chi connectivity index (χ1n) is 5.68. The lowest BCUT2D eigenvalue weighted by Crippen LogP contribution is -2.30. The molecule has 0 saturated heterocycles. The summed E-state index contributed by atoms with van der Waals surface area (Å²) in [5.41, 5.74) is 9.03. The highest BCUT2D eigenvalue weighted by Gasteiger charge is 2.09. The molecular formula is C13H21N3S. The SMILES string of the molecule is Cc1ccc(C(N)=S)c(N(C)CCN(C)C)c1. The second-order valence-electron chi connectivity index (χ2n) is 4.61. The van der Waals surface area contributed by atoms with Crippen LogP contribution in [0.15, 0.2) is 18.2 Å². The molecule has 2 N–H and O–H groups in total. The van der Waals surface area contributed by atoms with Crippen molar-refractivity contribution in [3.05, 3.63) is 29.3 Å². The lowest BCUT2D eigenvalue weighted by molar-refractivity contribution is 0.416. The second-order valence-corrected chi connectivity index (χ2v) is 5.05. The molecule has 0 aliphatic heterocycles. The normalized spacial score (nSPS) is 10.6. The van der Waals surface area contributed by atoms with Gasteiger partial charge in [-0.25, -0.2) is 0 Å². The van der Waals surface area contributed by atoms with Gasteiger partial charge in [0, 0.05) is 31.4 Å². The van der Waals surface area contributed by atoms with Crippen LogP contribution in [-0.4, -0.2) is 44.1 Å². The smallest absolute Gasteiger partial charge is 0.106 e. The van der Waals surface area contributed by atoms with Crippen LogP contribution >= 0.6 is 12.2 Å². The van der Waals surface area contributed by atoms with E-state index in [1.807, 2.05) is 12.1 Å². The number of rotatable bonds is 5. The van der Waals surface area contributed by atoms with Gasteiger partial charge in [0.1, 0.15) is 4.99 Å². The summed E-state index contributed by atoms with van der Waals surface area (Å²) < 4.78 is 0. The van der Waals surface area contributed by atoms with Crippen LogP contribution in [0.1, 0.15) is 11.1 Å². The second kappa shape index (κ2) is 5.98. The van der Waals surface area contributed by atoms with Crippen molar-refractivity contribution in [1.29, 1.82) is 0 Å². The molecule has 0 spiro atoms. The van der Waals surface area contributed by atoms with E-state index in [0.29, 0.717) is 4.99 Å². The van der Waals surface area contributed by atoms with Crippen molar-refractivity contribution in [3.63, 3.8) is 0 Å². The highest BCUT2D eigenvalue weighted by Crippen LogP contribution is 2.21. The van der Waals surface area contributed by atoms with Crippen molar-refractivity contribution in [2.75, 3.05) is 39.1 Å². The number of hydrogen-bond acceptors (Lipinski definition) is 3. The molecule has 0 atom stereocenters. The van der Waals surface area contributed by atoms with Gasteiger partial charge in [0.15, 0.2) is 0 Å². The molecule has 0 aliphatic carbocycles. The van der Waals surface area contributed by atoms with Gasteiger partial charge in [0.2, 0.25) is 0 Å². The molecular weight excluding hydrogens is 230 g/mol. The number of nitrogens with two attached hydrogens (primary N) is 1. The topological polar surface area (TPSA) is 32.5 Å². The summed E-state index contributed by atoms with van der Waals surface area (Å²) in [5, 5.41) is 0. The Balaban J connectivity index is 2.94. The minimum atomic E-state index is 0.455. The zero-order valence-corrected chi connectivity index (χ0v) is 11.8. The summed E-state index contributed by atoms with van der Waals surface area (Å²) in [4.78, 5) is 4.81. The van der Waals surface area contributed by atoms with Crippen molar-refractivity contribution >= 4 is 22.9 Å². The monoisotopic (exact) mass is 251 g/mol. The van der Waals surface area contributed by atoms with Gasteiger partial charge in [0.05, 0.1) is 0 Å². The fraction of sp³-hybridized carbons (Fsp3) is 0.462. The van der Waals surface area contributed by atoms with Crippen molar-refractivity contribution < 1.29 is 0 Å². The van der Waals surface area contributed by atoms with Gasteiger partial charge in [-0.05, 0) is 38.7 Å². The average molecular weight is 251 g/mol. The Hall–Kier alpha value is -1.13. The lowest BCUT2D eigenvalue weighted by Gasteiger charge is -2.24. The van der Waals surface area contributed by atoms with Crippen molar-refractivity contribution in [2.45, 2.75) is 6.92 Å². The van der Waals surface area contributed by atoms with Crippen LogP contribution in [0.3, 0.4) is 0 Å². The number of benzene rings is 1. The maximum atomic E-state index is 5.75. The van der Waals surface area contributed by atoms with Crippen molar-refractivity contribution in [3.8, 4) is 0 Å². The number of hydrogen-bond donors (Lipinski definition) is 1. The molecule has 0 aliphatic rings. The van der Waals surface area contributed by atoms with Crippen LogP contribution in [0.2, 0.25) is 0 Å². The fourth-order valence-electron chi connectivity index (χ4n) is 1.64. The van der Waals surface area contributed by atoms with Gasteiger partial charge in [-0.3, -0.25) is 0 Å². The predicted molar refractivity (Wildman–Crippen MR) is 78.9 cm³/mol. The average Bonchev–Trinajstić information content (AvgIpc) is 2.25. The number of nitrogens with zero attached hydrogens (tertiary/aromatic N) is 2. The molecule has 1 aromatic rings. The van der Waals surface area contributed by atoms with Gasteiger partial charge < -0.3 is 15.5 Å². The summed E-state index contributed by atoms with van der Waals surface area (Å²) in [6.07, 6.45) is 0. The molecule has 17 heavy (non-hydrogen) atoms. The van der Waals surface area contributed by atoms with Gasteiger partial charge in [-0.2, -0.15) is 0 Å². The van der Waals surface area contributed by atoms with E-state index in [1.165, 1.54) is 5.56 Å². The summed E-state index contributed by atoms with van der Waals surface area (Å²) in [7, 11) is 6.21. The fourth-order valence-corrected chi connectivity index (χ4v) is 1.81. The van der Waals surface area contributed by atoms with E-state index in [-0.39, 0.29) is 0 Å². The number of anilines is 1. The molecule has 0 radical (unpaired) electrons. The van der Waals surface area contributed by atoms with Crippen molar-refractivity contribution in [1.82, 2.24) is 4.90 Å². The number of thiocarbonyl (C=S) groups is 1. The largest absolute Gasteiger partial charge is 0.389 e. The van der Waals surface area contributed by atoms with Gasteiger partial charge in [0.25, 0.3) is 0 Å². The highest BCUT2D eigenvalue weighted by atomic mass is 32.1. The zero-order chi connectivity index (χ0) is 13.0. The van der Waals surface area contributed by atoms with Crippen LogP contribution in [0, 0.1) is 6.92 Å². The van der Waals surface area contributed by atoms with Gasteiger partial charge in [-0.15, -0.1) is 0 Å². The molecule has 3 nitrogen and oxygen atoms in total. The Morgan fingerprint density at radius 1 is 1.24 bits per heavy atom. The summed E-state index contributed by atoms with van der Waals surface area (Å²) >= 11 is 5.09. The highest BCUT2D eigenvalue weighted by molar-refractivity contribution is 7.80. The molecule has 0 unspecified atom stereocenters. The Morgan fingerprint density at radius 2 is 1.88 bits per heavy atom. The Bertz CT molecular complexity index is 402. The standard InChI is InChI=1S/C13H21N3S/c1-10-5-6-11(13(14)17)12(9-10)16(4)8-7-15(2)3/h5-6,9H,7-8H2,1-4H3,(H2,14,17). The van der Waals surface area contributed by atoms with Crippen LogP contribution < -0.4 is 10.6 Å². The van der Waals surface area contributed by atoms with E-state index >= 15 is 0 Å². The third kappa shape index (κ3) is 3.98. The predicted octanol–water partition coefficient (Wildman–Crippen LogP) is 1.63. The number of likely N-dealkylation sites (N-methyl/N-ethyl adjacent to an activating group) is 2. The van der Waals surface area contributed by atoms with Crippen LogP contribution in [0.4, 0.5) is 5.69 Å². The lowest BCUT2D eigenvalue weighted by atomic mass is 10.1. The molecule has 0 saturated carbocycles. The quantitative estimate of drug-likeness (QED) is 0.806. The number of aryl methyl sites for hydroxylation is 1.